The first-order chi connectivity index (χ1) is 12.2. The van der Waals surface area contributed by atoms with E-state index in [1.807, 2.05) is 43.3 Å². The molecule has 4 rings (SSSR count). The van der Waals surface area contributed by atoms with Crippen LogP contribution in [0.3, 0.4) is 0 Å². The van der Waals surface area contributed by atoms with Gasteiger partial charge in [-0.25, -0.2) is 0 Å². The van der Waals surface area contributed by atoms with E-state index >= 15 is 0 Å². The second kappa shape index (κ2) is 6.10. The predicted molar refractivity (Wildman–Crippen MR) is 104 cm³/mol. The first kappa shape index (κ1) is 15.5. The molecule has 2 N–H and O–H groups in total. The minimum Gasteiger partial charge on any atom is -0.354 e. The number of para-hydroxylation sites is 1. The van der Waals surface area contributed by atoms with Crippen molar-refractivity contribution in [3.8, 4) is 0 Å². The van der Waals surface area contributed by atoms with Crippen LogP contribution in [0.25, 0.3) is 21.8 Å². The number of anilines is 1. The van der Waals surface area contributed by atoms with E-state index < -0.39 is 0 Å². The van der Waals surface area contributed by atoms with Gasteiger partial charge in [-0.3, -0.25) is 4.79 Å². The topological polar surface area (TPSA) is 44.9 Å². The maximum atomic E-state index is 12.5. The number of hydrogen-bond acceptors (Lipinski definition) is 1. The van der Waals surface area contributed by atoms with Crippen molar-refractivity contribution in [3.63, 3.8) is 0 Å². The van der Waals surface area contributed by atoms with Crippen LogP contribution in [0.4, 0.5) is 5.69 Å². The molecule has 4 aromatic rings. The fraction of sp³-hybridized carbons (Fsp3) is 0.136. The lowest BCUT2D eigenvalue weighted by Crippen LogP contribution is -2.11. The summed E-state index contributed by atoms with van der Waals surface area (Å²) in [6, 6.07) is 20.0. The molecule has 0 spiro atoms. The van der Waals surface area contributed by atoms with Crippen molar-refractivity contribution in [2.45, 2.75) is 20.3 Å². The monoisotopic (exact) mass is 328 g/mol. The summed E-state index contributed by atoms with van der Waals surface area (Å²) >= 11 is 0. The third kappa shape index (κ3) is 2.78. The van der Waals surface area contributed by atoms with Gasteiger partial charge in [0.05, 0.1) is 0 Å². The molecule has 0 atom stereocenters. The fourth-order valence-corrected chi connectivity index (χ4v) is 3.35. The van der Waals surface area contributed by atoms with Gasteiger partial charge in [0.1, 0.15) is 0 Å². The molecule has 124 valence electrons. The van der Waals surface area contributed by atoms with Crippen LogP contribution in [0, 0.1) is 6.92 Å². The molecular formula is C22H20N2O. The molecule has 3 nitrogen and oxygen atoms in total. The number of benzene rings is 3. The van der Waals surface area contributed by atoms with Gasteiger partial charge in [-0.15, -0.1) is 0 Å². The minimum absolute atomic E-state index is 0.0894. The quantitative estimate of drug-likeness (QED) is 0.516. The number of amides is 1. The second-order valence-electron chi connectivity index (χ2n) is 6.40. The zero-order chi connectivity index (χ0) is 17.4. The Morgan fingerprint density at radius 1 is 1.00 bits per heavy atom. The van der Waals surface area contributed by atoms with Gasteiger partial charge >= 0.3 is 0 Å². The number of rotatable bonds is 3. The molecule has 3 aromatic carbocycles. The summed E-state index contributed by atoms with van der Waals surface area (Å²) in [4.78, 5) is 16.0. The number of aryl methyl sites for hydroxylation is 2. The van der Waals surface area contributed by atoms with Gasteiger partial charge in [0.2, 0.25) is 0 Å². The number of nitrogens with one attached hydrogen (secondary N) is 2. The zero-order valence-corrected chi connectivity index (χ0v) is 14.4. The molecule has 0 aliphatic rings. The van der Waals surface area contributed by atoms with Gasteiger partial charge in [0, 0.05) is 33.1 Å². The Labute approximate surface area is 146 Å². The Morgan fingerprint density at radius 2 is 1.84 bits per heavy atom. The summed E-state index contributed by atoms with van der Waals surface area (Å²) in [6.45, 7) is 4.15. The summed E-state index contributed by atoms with van der Waals surface area (Å²) in [5.41, 5.74) is 6.07. The van der Waals surface area contributed by atoms with E-state index in [-0.39, 0.29) is 5.91 Å². The highest BCUT2D eigenvalue weighted by Gasteiger charge is 2.10. The van der Waals surface area contributed by atoms with E-state index in [0.717, 1.165) is 23.2 Å². The van der Waals surface area contributed by atoms with E-state index in [0.29, 0.717) is 5.56 Å². The summed E-state index contributed by atoms with van der Waals surface area (Å²) in [6.07, 6.45) is 0.987. The summed E-state index contributed by atoms with van der Waals surface area (Å²) < 4.78 is 0. The highest BCUT2D eigenvalue weighted by atomic mass is 16.1. The number of aromatic nitrogens is 1. The van der Waals surface area contributed by atoms with E-state index in [4.69, 9.17) is 0 Å². The van der Waals surface area contributed by atoms with Crippen LogP contribution < -0.4 is 5.32 Å². The van der Waals surface area contributed by atoms with Gasteiger partial charge < -0.3 is 10.3 Å². The van der Waals surface area contributed by atoms with Crippen LogP contribution in [-0.2, 0) is 6.42 Å². The van der Waals surface area contributed by atoms with Gasteiger partial charge in [-0.05, 0) is 43.2 Å². The SMILES string of the molecule is CCc1cccc2c1[nH]c1cc(NC(=O)c3cccc(C)c3)ccc12. The second-order valence-corrected chi connectivity index (χ2v) is 6.40. The first-order valence-electron chi connectivity index (χ1n) is 8.57. The minimum atomic E-state index is -0.0894. The van der Waals surface area contributed by atoms with Crippen LogP contribution in [0.5, 0.6) is 0 Å². The van der Waals surface area contributed by atoms with Crippen molar-refractivity contribution >= 4 is 33.4 Å². The highest BCUT2D eigenvalue weighted by Crippen LogP contribution is 2.29. The lowest BCUT2D eigenvalue weighted by molar-refractivity contribution is 0.102. The molecule has 1 aromatic heterocycles. The summed E-state index contributed by atoms with van der Waals surface area (Å²) in [5, 5.41) is 5.40. The molecule has 0 saturated carbocycles. The average molecular weight is 328 g/mol. The van der Waals surface area contributed by atoms with Gasteiger partial charge in [-0.1, -0.05) is 48.9 Å². The molecule has 0 bridgehead atoms. The smallest absolute Gasteiger partial charge is 0.255 e. The molecular weight excluding hydrogens is 308 g/mol. The van der Waals surface area contributed by atoms with Crippen LogP contribution in [0.2, 0.25) is 0 Å². The molecule has 0 fully saturated rings. The van der Waals surface area contributed by atoms with Crippen molar-refractivity contribution in [2.24, 2.45) is 0 Å². The lowest BCUT2D eigenvalue weighted by Gasteiger charge is -2.06. The Bertz CT molecular complexity index is 1090. The predicted octanol–water partition coefficient (Wildman–Crippen LogP) is 5.44. The number of fused-ring (bicyclic) bond motifs is 3. The zero-order valence-electron chi connectivity index (χ0n) is 14.4. The first-order valence-corrected chi connectivity index (χ1v) is 8.57. The Balaban J connectivity index is 1.72. The van der Waals surface area contributed by atoms with Crippen molar-refractivity contribution in [3.05, 3.63) is 77.4 Å². The maximum absolute atomic E-state index is 12.5. The summed E-state index contributed by atoms with van der Waals surface area (Å²) in [5.74, 6) is -0.0894. The van der Waals surface area contributed by atoms with Crippen molar-refractivity contribution < 1.29 is 4.79 Å². The lowest BCUT2D eigenvalue weighted by atomic mass is 10.1. The highest BCUT2D eigenvalue weighted by molar-refractivity contribution is 6.10. The Morgan fingerprint density at radius 3 is 2.64 bits per heavy atom. The van der Waals surface area contributed by atoms with Crippen LogP contribution in [-0.4, -0.2) is 10.9 Å². The van der Waals surface area contributed by atoms with Crippen LogP contribution >= 0.6 is 0 Å². The molecule has 0 aliphatic carbocycles. The molecule has 0 unspecified atom stereocenters. The number of carbonyl (C=O) groups is 1. The van der Waals surface area contributed by atoms with E-state index in [1.54, 1.807) is 0 Å². The number of H-pyrrole nitrogens is 1. The van der Waals surface area contributed by atoms with Crippen LogP contribution in [0.1, 0.15) is 28.4 Å². The van der Waals surface area contributed by atoms with Crippen molar-refractivity contribution in [1.82, 2.24) is 4.98 Å². The number of carbonyl (C=O) groups excluding carboxylic acids is 1. The standard InChI is InChI=1S/C22H20N2O/c1-3-15-7-5-9-19-18-11-10-17(13-20(18)24-21(15)19)23-22(25)16-8-4-6-14(2)12-16/h4-13,24H,3H2,1-2H3,(H,23,25). The van der Waals surface area contributed by atoms with Crippen molar-refractivity contribution in [2.75, 3.05) is 5.32 Å². The Kier molecular flexibility index (Phi) is 3.77. The molecule has 3 heteroatoms. The average Bonchev–Trinajstić information content (AvgIpc) is 2.99. The molecule has 0 saturated heterocycles. The Hall–Kier alpha value is -3.07. The third-order valence-electron chi connectivity index (χ3n) is 4.64. The molecule has 1 amide bonds. The van der Waals surface area contributed by atoms with Gasteiger partial charge in [-0.2, -0.15) is 0 Å². The molecule has 0 aliphatic heterocycles. The van der Waals surface area contributed by atoms with Gasteiger partial charge in [0.25, 0.3) is 5.91 Å². The van der Waals surface area contributed by atoms with Crippen LogP contribution in [0.15, 0.2) is 60.7 Å². The normalized spacial score (nSPS) is 11.1. The largest absolute Gasteiger partial charge is 0.354 e. The van der Waals surface area contributed by atoms with Gasteiger partial charge in [0.15, 0.2) is 0 Å². The molecule has 0 radical (unpaired) electrons. The van der Waals surface area contributed by atoms with E-state index in [9.17, 15) is 4.79 Å². The maximum Gasteiger partial charge on any atom is 0.255 e. The molecule has 1 heterocycles. The van der Waals surface area contributed by atoms with Crippen molar-refractivity contribution in [1.29, 1.82) is 0 Å². The number of hydrogen-bond donors (Lipinski definition) is 2. The third-order valence-corrected chi connectivity index (χ3v) is 4.64. The number of aromatic amines is 1. The fourth-order valence-electron chi connectivity index (χ4n) is 3.35. The summed E-state index contributed by atoms with van der Waals surface area (Å²) in [7, 11) is 0. The molecule has 25 heavy (non-hydrogen) atoms. The van der Waals surface area contributed by atoms with E-state index in [2.05, 4.69) is 41.5 Å². The van der Waals surface area contributed by atoms with E-state index in [1.165, 1.54) is 21.9 Å².